The number of aromatic amines is 1. The molecule has 4 rings (SSSR count). The van der Waals surface area contributed by atoms with E-state index in [-0.39, 0.29) is 0 Å². The third kappa shape index (κ3) is 2.67. The van der Waals surface area contributed by atoms with Crippen LogP contribution in [-0.2, 0) is 0 Å². The summed E-state index contributed by atoms with van der Waals surface area (Å²) in [6.45, 7) is 2.57. The second-order valence-electron chi connectivity index (χ2n) is 5.02. The van der Waals surface area contributed by atoms with Crippen molar-refractivity contribution in [2.75, 3.05) is 6.61 Å². The molecular formula is C17H14N4O3. The van der Waals surface area contributed by atoms with E-state index in [1.807, 2.05) is 37.3 Å². The van der Waals surface area contributed by atoms with Gasteiger partial charge in [0, 0.05) is 11.6 Å². The Bertz CT molecular complexity index is 923. The van der Waals surface area contributed by atoms with Crippen molar-refractivity contribution in [1.82, 2.24) is 20.3 Å². The van der Waals surface area contributed by atoms with Crippen molar-refractivity contribution in [2.45, 2.75) is 6.92 Å². The van der Waals surface area contributed by atoms with Crippen LogP contribution >= 0.6 is 0 Å². The Balaban J connectivity index is 1.58. The lowest BCUT2D eigenvalue weighted by Crippen LogP contribution is -1.90. The summed E-state index contributed by atoms with van der Waals surface area (Å²) in [4.78, 5) is 4.40. The molecule has 0 unspecified atom stereocenters. The maximum atomic E-state index is 5.42. The van der Waals surface area contributed by atoms with Gasteiger partial charge in [-0.1, -0.05) is 5.16 Å². The first kappa shape index (κ1) is 14.3. The summed E-state index contributed by atoms with van der Waals surface area (Å²) in [6, 6.07) is 13.0. The first-order valence-corrected chi connectivity index (χ1v) is 7.50. The van der Waals surface area contributed by atoms with Crippen molar-refractivity contribution >= 4 is 0 Å². The minimum absolute atomic E-state index is 0.365. The van der Waals surface area contributed by atoms with Crippen LogP contribution in [0.3, 0.4) is 0 Å². The molecule has 0 fully saturated rings. The predicted octanol–water partition coefficient (Wildman–Crippen LogP) is 3.79. The third-order valence-corrected chi connectivity index (χ3v) is 3.43. The lowest BCUT2D eigenvalue weighted by molar-refractivity contribution is 0.340. The van der Waals surface area contributed by atoms with Gasteiger partial charge in [0.25, 0.3) is 5.89 Å². The van der Waals surface area contributed by atoms with Crippen LogP contribution in [0, 0.1) is 0 Å². The van der Waals surface area contributed by atoms with Gasteiger partial charge in [-0.15, -0.1) is 0 Å². The van der Waals surface area contributed by atoms with E-state index in [2.05, 4.69) is 20.3 Å². The molecule has 4 aromatic rings. The Morgan fingerprint density at radius 2 is 2.04 bits per heavy atom. The van der Waals surface area contributed by atoms with Crippen molar-refractivity contribution < 1.29 is 13.7 Å². The summed E-state index contributed by atoms with van der Waals surface area (Å²) in [5.41, 5.74) is 2.15. The van der Waals surface area contributed by atoms with Gasteiger partial charge in [-0.25, -0.2) is 0 Å². The first-order valence-electron chi connectivity index (χ1n) is 7.50. The molecule has 24 heavy (non-hydrogen) atoms. The highest BCUT2D eigenvalue weighted by Gasteiger charge is 2.14. The van der Waals surface area contributed by atoms with E-state index in [1.165, 1.54) is 0 Å². The summed E-state index contributed by atoms with van der Waals surface area (Å²) in [5.74, 6) is 2.34. The fourth-order valence-electron chi connectivity index (χ4n) is 2.30. The Kier molecular flexibility index (Phi) is 3.59. The molecular weight excluding hydrogens is 308 g/mol. The molecule has 7 heteroatoms. The number of H-pyrrole nitrogens is 1. The largest absolute Gasteiger partial charge is 0.494 e. The van der Waals surface area contributed by atoms with Crippen molar-refractivity contribution in [1.29, 1.82) is 0 Å². The average molecular weight is 322 g/mol. The second-order valence-corrected chi connectivity index (χ2v) is 5.02. The Hall–Kier alpha value is -3.35. The molecule has 0 bridgehead atoms. The Labute approximate surface area is 137 Å². The standard InChI is InChI=1S/C17H14N4O3/c1-2-22-12-7-5-11(6-8-12)16-18-17(24-21-16)14-10-13(19-20-14)15-4-3-9-23-15/h3-10H,2H2,1H3,(H,19,20). The topological polar surface area (TPSA) is 90.0 Å². The van der Waals surface area contributed by atoms with Crippen LogP contribution in [0.1, 0.15) is 6.92 Å². The number of rotatable bonds is 5. The summed E-state index contributed by atoms with van der Waals surface area (Å²) < 4.78 is 16.1. The third-order valence-electron chi connectivity index (χ3n) is 3.43. The molecule has 0 aliphatic rings. The Morgan fingerprint density at radius 3 is 2.79 bits per heavy atom. The molecule has 3 heterocycles. The van der Waals surface area contributed by atoms with Crippen LogP contribution in [0.4, 0.5) is 0 Å². The van der Waals surface area contributed by atoms with Crippen molar-refractivity contribution in [3.63, 3.8) is 0 Å². The van der Waals surface area contributed by atoms with Gasteiger partial charge in [0.05, 0.1) is 12.9 Å². The van der Waals surface area contributed by atoms with Crippen LogP contribution in [0.25, 0.3) is 34.4 Å². The molecule has 0 radical (unpaired) electrons. The number of hydrogen-bond donors (Lipinski definition) is 1. The number of nitrogens with zero attached hydrogens (tertiary/aromatic N) is 3. The highest BCUT2D eigenvalue weighted by Crippen LogP contribution is 2.26. The van der Waals surface area contributed by atoms with Crippen LogP contribution < -0.4 is 4.74 Å². The molecule has 0 amide bonds. The number of hydrogen-bond acceptors (Lipinski definition) is 6. The zero-order valence-corrected chi connectivity index (χ0v) is 12.9. The molecule has 0 spiro atoms. The number of aromatic nitrogens is 4. The highest BCUT2D eigenvalue weighted by atomic mass is 16.5. The molecule has 0 aliphatic heterocycles. The van der Waals surface area contributed by atoms with Gasteiger partial charge in [0.1, 0.15) is 17.1 Å². The van der Waals surface area contributed by atoms with Gasteiger partial charge in [-0.2, -0.15) is 10.1 Å². The second kappa shape index (κ2) is 6.04. The van der Waals surface area contributed by atoms with E-state index in [0.717, 1.165) is 11.3 Å². The van der Waals surface area contributed by atoms with Crippen LogP contribution in [0.2, 0.25) is 0 Å². The minimum atomic E-state index is 0.365. The number of benzene rings is 1. The van der Waals surface area contributed by atoms with Crippen molar-refractivity contribution in [2.24, 2.45) is 0 Å². The average Bonchev–Trinajstić information content (AvgIpc) is 3.35. The van der Waals surface area contributed by atoms with E-state index in [0.29, 0.717) is 35.5 Å². The monoisotopic (exact) mass is 322 g/mol. The van der Waals surface area contributed by atoms with Crippen LogP contribution in [0.15, 0.2) is 57.7 Å². The first-order chi connectivity index (χ1) is 11.8. The predicted molar refractivity (Wildman–Crippen MR) is 86.2 cm³/mol. The molecule has 0 saturated heterocycles. The molecule has 0 atom stereocenters. The van der Waals surface area contributed by atoms with Crippen molar-refractivity contribution in [3.8, 4) is 40.2 Å². The number of furan rings is 1. The lowest BCUT2D eigenvalue weighted by Gasteiger charge is -2.02. The summed E-state index contributed by atoms with van der Waals surface area (Å²) in [6.07, 6.45) is 1.60. The number of ether oxygens (including phenoxy) is 1. The molecule has 0 aliphatic carbocycles. The molecule has 120 valence electrons. The quantitative estimate of drug-likeness (QED) is 0.601. The van der Waals surface area contributed by atoms with Gasteiger partial charge in [-0.3, -0.25) is 5.10 Å². The highest BCUT2D eigenvalue weighted by molar-refractivity contribution is 5.62. The van der Waals surface area contributed by atoms with E-state index in [9.17, 15) is 0 Å². The summed E-state index contributed by atoms with van der Waals surface area (Å²) in [7, 11) is 0. The maximum Gasteiger partial charge on any atom is 0.276 e. The summed E-state index contributed by atoms with van der Waals surface area (Å²) in [5, 5.41) is 11.1. The molecule has 3 aromatic heterocycles. The van der Waals surface area contributed by atoms with Crippen LogP contribution in [0.5, 0.6) is 5.75 Å². The van der Waals surface area contributed by atoms with Gasteiger partial charge in [0.2, 0.25) is 5.82 Å². The zero-order chi connectivity index (χ0) is 16.4. The van der Waals surface area contributed by atoms with Crippen molar-refractivity contribution in [3.05, 3.63) is 48.7 Å². The van der Waals surface area contributed by atoms with E-state index >= 15 is 0 Å². The van der Waals surface area contributed by atoms with Gasteiger partial charge in [-0.05, 0) is 43.3 Å². The lowest BCUT2D eigenvalue weighted by atomic mass is 10.2. The van der Waals surface area contributed by atoms with Gasteiger partial charge < -0.3 is 13.7 Å². The molecule has 7 nitrogen and oxygen atoms in total. The maximum absolute atomic E-state index is 5.42. The normalized spacial score (nSPS) is 10.9. The van der Waals surface area contributed by atoms with E-state index < -0.39 is 0 Å². The Morgan fingerprint density at radius 1 is 1.17 bits per heavy atom. The van der Waals surface area contributed by atoms with E-state index in [4.69, 9.17) is 13.7 Å². The van der Waals surface area contributed by atoms with Gasteiger partial charge >= 0.3 is 0 Å². The smallest absolute Gasteiger partial charge is 0.276 e. The molecule has 0 saturated carbocycles. The molecule has 1 N–H and O–H groups in total. The fourth-order valence-corrected chi connectivity index (χ4v) is 2.30. The van der Waals surface area contributed by atoms with Crippen LogP contribution in [-0.4, -0.2) is 26.9 Å². The van der Waals surface area contributed by atoms with E-state index in [1.54, 1.807) is 18.4 Å². The SMILES string of the molecule is CCOc1ccc(-c2noc(-c3cc(-c4ccco4)n[nH]3)n2)cc1. The fraction of sp³-hybridized carbons (Fsp3) is 0.118. The summed E-state index contributed by atoms with van der Waals surface area (Å²) >= 11 is 0. The molecule has 1 aromatic carbocycles. The van der Waals surface area contributed by atoms with Gasteiger partial charge in [0.15, 0.2) is 5.76 Å². The minimum Gasteiger partial charge on any atom is -0.494 e. The number of nitrogens with one attached hydrogen (secondary N) is 1. The zero-order valence-electron chi connectivity index (χ0n) is 12.9.